The van der Waals surface area contributed by atoms with Crippen LogP contribution in [0.1, 0.15) is 20.3 Å². The fourth-order valence-electron chi connectivity index (χ4n) is 2.13. The molecule has 0 bridgehead atoms. The van der Waals surface area contributed by atoms with Gasteiger partial charge >= 0.3 is 10.2 Å². The lowest BCUT2D eigenvalue weighted by molar-refractivity contribution is -0.155. The summed E-state index contributed by atoms with van der Waals surface area (Å²) >= 11 is 0. The molecule has 0 radical (unpaired) electrons. The van der Waals surface area contributed by atoms with E-state index in [4.69, 9.17) is 9.47 Å². The van der Waals surface area contributed by atoms with E-state index in [-0.39, 0.29) is 25.4 Å². The highest BCUT2D eigenvalue weighted by atomic mass is 32.3. The molecule has 1 amide bonds. The molecule has 19 heavy (non-hydrogen) atoms. The predicted octanol–water partition coefficient (Wildman–Crippen LogP) is 0.533. The van der Waals surface area contributed by atoms with Gasteiger partial charge in [0.15, 0.2) is 6.29 Å². The number of hydrogen-bond donors (Lipinski definition) is 0. The van der Waals surface area contributed by atoms with Crippen LogP contribution in [-0.2, 0) is 24.5 Å². The van der Waals surface area contributed by atoms with Crippen LogP contribution in [0.25, 0.3) is 0 Å². The van der Waals surface area contributed by atoms with Crippen LogP contribution >= 0.6 is 0 Å². The van der Waals surface area contributed by atoms with Crippen LogP contribution in [-0.4, -0.2) is 57.6 Å². The van der Waals surface area contributed by atoms with E-state index in [1.807, 2.05) is 13.8 Å². The minimum Gasteiger partial charge on any atom is -0.351 e. The number of carbonyl (C=O) groups excluding carboxylic acids is 1. The van der Waals surface area contributed by atoms with Gasteiger partial charge in [0, 0.05) is 32.1 Å². The van der Waals surface area contributed by atoms with Crippen molar-refractivity contribution in [2.24, 2.45) is 5.92 Å². The average Bonchev–Trinajstić information content (AvgIpc) is 2.57. The first kappa shape index (κ1) is 16.3. The van der Waals surface area contributed by atoms with Gasteiger partial charge in [0.1, 0.15) is 0 Å². The Morgan fingerprint density at radius 2 is 1.95 bits per heavy atom. The Morgan fingerprint density at radius 1 is 1.37 bits per heavy atom. The zero-order valence-electron chi connectivity index (χ0n) is 11.2. The van der Waals surface area contributed by atoms with Crippen LogP contribution in [0.4, 0.5) is 3.89 Å². The second kappa shape index (κ2) is 7.16. The van der Waals surface area contributed by atoms with Crippen LogP contribution in [0.3, 0.4) is 0 Å². The third-order valence-electron chi connectivity index (χ3n) is 2.80. The number of rotatable bonds is 8. The quantitative estimate of drug-likeness (QED) is 0.483. The first-order valence-electron chi connectivity index (χ1n) is 6.29. The van der Waals surface area contributed by atoms with Crippen LogP contribution < -0.4 is 0 Å². The molecule has 6 nitrogen and oxygen atoms in total. The van der Waals surface area contributed by atoms with Gasteiger partial charge in [-0.2, -0.15) is 8.42 Å². The van der Waals surface area contributed by atoms with Gasteiger partial charge in [0.2, 0.25) is 5.91 Å². The van der Waals surface area contributed by atoms with Crippen LogP contribution in [0.2, 0.25) is 0 Å². The van der Waals surface area contributed by atoms with Crippen molar-refractivity contribution in [2.75, 3.05) is 32.1 Å². The maximum Gasteiger partial charge on any atom is 0.302 e. The van der Waals surface area contributed by atoms with E-state index in [0.717, 1.165) is 0 Å². The summed E-state index contributed by atoms with van der Waals surface area (Å²) in [5.74, 6) is -1.30. The topological polar surface area (TPSA) is 72.9 Å². The molecule has 0 N–H and O–H groups in total. The van der Waals surface area contributed by atoms with Gasteiger partial charge in [-0.25, -0.2) is 0 Å². The second-order valence-corrected chi connectivity index (χ2v) is 5.83. The summed E-state index contributed by atoms with van der Waals surface area (Å²) in [7, 11) is -4.54. The van der Waals surface area contributed by atoms with E-state index in [9.17, 15) is 17.1 Å². The Balaban J connectivity index is 2.52. The van der Waals surface area contributed by atoms with Crippen LogP contribution in [0.15, 0.2) is 0 Å². The van der Waals surface area contributed by atoms with Crippen LogP contribution in [0.5, 0.6) is 0 Å². The fraction of sp³-hybridized carbons (Fsp3) is 0.909. The van der Waals surface area contributed by atoms with E-state index in [0.29, 0.717) is 13.2 Å². The molecule has 1 atom stereocenters. The summed E-state index contributed by atoms with van der Waals surface area (Å²) in [6.07, 6.45) is -0.478. The molecule has 1 aliphatic heterocycles. The highest BCUT2D eigenvalue weighted by Crippen LogP contribution is 2.20. The summed E-state index contributed by atoms with van der Waals surface area (Å²) in [5, 5.41) is 0. The number of likely N-dealkylation sites (tertiary alicyclic amines) is 1. The van der Waals surface area contributed by atoms with Crippen molar-refractivity contribution in [1.29, 1.82) is 0 Å². The van der Waals surface area contributed by atoms with Gasteiger partial charge in [-0.3, -0.25) is 4.79 Å². The normalized spacial score (nSPS) is 20.5. The van der Waals surface area contributed by atoms with Crippen molar-refractivity contribution in [3.05, 3.63) is 0 Å². The van der Waals surface area contributed by atoms with E-state index >= 15 is 0 Å². The molecule has 0 aliphatic carbocycles. The third kappa shape index (κ3) is 5.84. The lowest BCUT2D eigenvalue weighted by atomic mass is 10.1. The van der Waals surface area contributed by atoms with Gasteiger partial charge in [0.25, 0.3) is 0 Å². The van der Waals surface area contributed by atoms with E-state index in [2.05, 4.69) is 0 Å². The predicted molar refractivity (Wildman–Crippen MR) is 66.6 cm³/mol. The van der Waals surface area contributed by atoms with Gasteiger partial charge in [-0.05, 0) is 13.8 Å². The molecule has 1 saturated heterocycles. The largest absolute Gasteiger partial charge is 0.351 e. The number of nitrogens with zero attached hydrogens (tertiary/aromatic N) is 1. The molecule has 1 rings (SSSR count). The van der Waals surface area contributed by atoms with Crippen molar-refractivity contribution in [2.45, 2.75) is 26.6 Å². The fourth-order valence-corrected chi connectivity index (χ4v) is 2.92. The minimum absolute atomic E-state index is 0.0497. The lowest BCUT2D eigenvalue weighted by Crippen LogP contribution is -2.37. The van der Waals surface area contributed by atoms with Gasteiger partial charge in [-0.1, -0.05) is 0 Å². The monoisotopic (exact) mass is 297 g/mol. The molecule has 0 aromatic heterocycles. The van der Waals surface area contributed by atoms with E-state index in [1.165, 1.54) is 4.90 Å². The summed E-state index contributed by atoms with van der Waals surface area (Å²) in [6.45, 7) is 5.00. The number of halogens is 1. The third-order valence-corrected chi connectivity index (χ3v) is 3.67. The molecule has 1 fully saturated rings. The van der Waals surface area contributed by atoms with E-state index < -0.39 is 28.2 Å². The Labute approximate surface area is 113 Å². The molecular formula is C11H20FNO5S. The summed E-state index contributed by atoms with van der Waals surface area (Å²) < 4.78 is 44.4. The van der Waals surface area contributed by atoms with Crippen molar-refractivity contribution >= 4 is 16.1 Å². The van der Waals surface area contributed by atoms with Gasteiger partial charge in [-0.15, -0.1) is 3.89 Å². The molecule has 0 aromatic rings. The van der Waals surface area contributed by atoms with Crippen molar-refractivity contribution in [1.82, 2.24) is 4.90 Å². The molecule has 112 valence electrons. The standard InChI is InChI=1S/C11H20FNO5S/c1-3-17-11(18-4-2)7-13-6-9(5-10(13)14)8-19(12,15)16/h9,11H,3-8H2,1-2H3. The molecule has 1 aliphatic rings. The van der Waals surface area contributed by atoms with Gasteiger partial charge < -0.3 is 14.4 Å². The number of carbonyl (C=O) groups is 1. The molecule has 1 heterocycles. The Bertz CT molecular complexity index is 394. The SMILES string of the molecule is CCOC(CN1CC(CS(=O)(=O)F)CC1=O)OCC. The highest BCUT2D eigenvalue weighted by molar-refractivity contribution is 7.86. The Kier molecular flexibility index (Phi) is 6.15. The van der Waals surface area contributed by atoms with Crippen molar-refractivity contribution in [3.63, 3.8) is 0 Å². The summed E-state index contributed by atoms with van der Waals surface area (Å²) in [6, 6.07) is 0. The highest BCUT2D eigenvalue weighted by Gasteiger charge is 2.34. The van der Waals surface area contributed by atoms with Gasteiger partial charge in [0.05, 0.1) is 12.3 Å². The lowest BCUT2D eigenvalue weighted by Gasteiger charge is -2.23. The Hall–Kier alpha value is -0.730. The first-order chi connectivity index (χ1) is 8.85. The number of ether oxygens (including phenoxy) is 2. The second-order valence-electron chi connectivity index (χ2n) is 4.41. The summed E-state index contributed by atoms with van der Waals surface area (Å²) in [5.41, 5.74) is 0. The average molecular weight is 297 g/mol. The maximum absolute atomic E-state index is 12.6. The maximum atomic E-state index is 12.6. The zero-order chi connectivity index (χ0) is 14.5. The first-order valence-corrected chi connectivity index (χ1v) is 7.84. The minimum atomic E-state index is -4.54. The molecule has 0 aromatic carbocycles. The molecule has 0 spiro atoms. The molecule has 1 unspecified atom stereocenters. The zero-order valence-corrected chi connectivity index (χ0v) is 12.0. The summed E-state index contributed by atoms with van der Waals surface area (Å²) in [4.78, 5) is 13.2. The smallest absolute Gasteiger partial charge is 0.302 e. The number of hydrogen-bond acceptors (Lipinski definition) is 5. The van der Waals surface area contributed by atoms with E-state index in [1.54, 1.807) is 0 Å². The molecule has 8 heteroatoms. The van der Waals surface area contributed by atoms with Crippen molar-refractivity contribution in [3.8, 4) is 0 Å². The molecular weight excluding hydrogens is 277 g/mol. The van der Waals surface area contributed by atoms with Crippen LogP contribution in [0, 0.1) is 5.92 Å². The number of amides is 1. The van der Waals surface area contributed by atoms with Crippen molar-refractivity contribution < 1.29 is 26.6 Å². The molecule has 0 saturated carbocycles. The Morgan fingerprint density at radius 3 is 2.42 bits per heavy atom.